The topological polar surface area (TPSA) is 24.9 Å². The van der Waals surface area contributed by atoms with Crippen molar-refractivity contribution in [2.45, 2.75) is 20.0 Å². The van der Waals surface area contributed by atoms with Crippen LogP contribution in [-0.2, 0) is 13.1 Å². The first kappa shape index (κ1) is 10.8. The van der Waals surface area contributed by atoms with Gasteiger partial charge < -0.3 is 5.32 Å². The Kier molecular flexibility index (Phi) is 3.67. The van der Waals surface area contributed by atoms with Gasteiger partial charge in [-0.1, -0.05) is 36.4 Å². The van der Waals surface area contributed by atoms with Crippen molar-refractivity contribution in [3.63, 3.8) is 0 Å². The van der Waals surface area contributed by atoms with Crippen LogP contribution in [-0.4, -0.2) is 4.98 Å². The summed E-state index contributed by atoms with van der Waals surface area (Å²) in [5, 5.41) is 3.42. The normalized spacial score (nSPS) is 10.3. The molecule has 0 unspecified atom stereocenters. The Morgan fingerprint density at radius 1 is 1.00 bits per heavy atom. The minimum absolute atomic E-state index is 0.870. The summed E-state index contributed by atoms with van der Waals surface area (Å²) in [6, 6.07) is 14.5. The number of pyridine rings is 1. The van der Waals surface area contributed by atoms with E-state index < -0.39 is 0 Å². The quantitative estimate of drug-likeness (QED) is 0.842. The Morgan fingerprint density at radius 3 is 2.56 bits per heavy atom. The Hall–Kier alpha value is -1.67. The molecule has 1 aromatic carbocycles. The largest absolute Gasteiger partial charge is 0.309 e. The summed E-state index contributed by atoms with van der Waals surface area (Å²) in [6.07, 6.45) is 1.83. The summed E-state index contributed by atoms with van der Waals surface area (Å²) >= 11 is 0. The number of nitrogens with one attached hydrogen (secondary N) is 1. The molecule has 2 nitrogen and oxygen atoms in total. The molecule has 0 atom stereocenters. The second-order valence-electron chi connectivity index (χ2n) is 3.84. The maximum absolute atomic E-state index is 4.26. The molecule has 2 heteroatoms. The average molecular weight is 212 g/mol. The molecule has 0 fully saturated rings. The number of hydrogen-bond acceptors (Lipinski definition) is 2. The highest BCUT2D eigenvalue weighted by atomic mass is 14.9. The average Bonchev–Trinajstić information content (AvgIpc) is 2.33. The zero-order chi connectivity index (χ0) is 11.2. The highest BCUT2D eigenvalue weighted by molar-refractivity contribution is 5.18. The lowest BCUT2D eigenvalue weighted by Gasteiger charge is -2.06. The van der Waals surface area contributed by atoms with Crippen LogP contribution in [0.2, 0.25) is 0 Å². The van der Waals surface area contributed by atoms with Crippen LogP contribution in [0, 0.1) is 6.92 Å². The molecular formula is C14H16N2. The van der Waals surface area contributed by atoms with Gasteiger partial charge in [-0.3, -0.25) is 4.98 Å². The van der Waals surface area contributed by atoms with Gasteiger partial charge in [-0.2, -0.15) is 0 Å². The fourth-order valence-corrected chi connectivity index (χ4v) is 1.64. The molecular weight excluding hydrogens is 196 g/mol. The monoisotopic (exact) mass is 212 g/mol. The van der Waals surface area contributed by atoms with Crippen LogP contribution in [0.1, 0.15) is 16.8 Å². The van der Waals surface area contributed by atoms with Gasteiger partial charge in [0.1, 0.15) is 0 Å². The van der Waals surface area contributed by atoms with E-state index >= 15 is 0 Å². The predicted molar refractivity (Wildman–Crippen MR) is 66.0 cm³/mol. The lowest BCUT2D eigenvalue weighted by molar-refractivity contribution is 0.687. The fraction of sp³-hybridized carbons (Fsp3) is 0.214. The van der Waals surface area contributed by atoms with E-state index in [0.29, 0.717) is 0 Å². The molecule has 0 saturated heterocycles. The molecule has 16 heavy (non-hydrogen) atoms. The molecule has 0 amide bonds. The number of rotatable bonds is 4. The molecule has 1 heterocycles. The van der Waals surface area contributed by atoms with Gasteiger partial charge in [0, 0.05) is 25.0 Å². The number of aryl methyl sites for hydroxylation is 1. The van der Waals surface area contributed by atoms with E-state index in [1.807, 2.05) is 25.3 Å². The van der Waals surface area contributed by atoms with E-state index in [1.54, 1.807) is 0 Å². The predicted octanol–water partition coefficient (Wildman–Crippen LogP) is 2.68. The smallest absolute Gasteiger partial charge is 0.0417 e. The van der Waals surface area contributed by atoms with Gasteiger partial charge in [-0.05, 0) is 24.1 Å². The third-order valence-electron chi connectivity index (χ3n) is 2.60. The Labute approximate surface area is 96.4 Å². The number of nitrogens with zero attached hydrogens (tertiary/aromatic N) is 1. The lowest BCUT2D eigenvalue weighted by atomic mass is 10.2. The van der Waals surface area contributed by atoms with Gasteiger partial charge in [-0.25, -0.2) is 0 Å². The highest BCUT2D eigenvalue weighted by Crippen LogP contribution is 2.04. The van der Waals surface area contributed by atoms with E-state index in [4.69, 9.17) is 0 Å². The molecule has 0 aliphatic carbocycles. The highest BCUT2D eigenvalue weighted by Gasteiger charge is 1.97. The first-order valence-electron chi connectivity index (χ1n) is 5.51. The molecule has 0 radical (unpaired) electrons. The summed E-state index contributed by atoms with van der Waals surface area (Å²) in [7, 11) is 0. The van der Waals surface area contributed by atoms with Crippen LogP contribution in [0.3, 0.4) is 0 Å². The maximum Gasteiger partial charge on any atom is 0.0417 e. The van der Waals surface area contributed by atoms with Crippen molar-refractivity contribution < 1.29 is 0 Å². The Balaban J connectivity index is 1.87. The molecule has 2 aromatic rings. The maximum atomic E-state index is 4.26. The van der Waals surface area contributed by atoms with E-state index in [0.717, 1.165) is 18.8 Å². The summed E-state index contributed by atoms with van der Waals surface area (Å²) in [4.78, 5) is 4.26. The van der Waals surface area contributed by atoms with Crippen LogP contribution in [0.25, 0.3) is 0 Å². The third kappa shape index (κ3) is 2.91. The minimum atomic E-state index is 0.870. The molecule has 2 rings (SSSR count). The standard InChI is InChI=1S/C14H16N2/c1-12-14(8-5-9-16-12)11-15-10-13-6-3-2-4-7-13/h2-9,15H,10-11H2,1H3. The first-order chi connectivity index (χ1) is 7.86. The minimum Gasteiger partial charge on any atom is -0.309 e. The van der Waals surface area contributed by atoms with Crippen molar-refractivity contribution in [2.24, 2.45) is 0 Å². The van der Waals surface area contributed by atoms with Crippen molar-refractivity contribution in [3.05, 3.63) is 65.5 Å². The van der Waals surface area contributed by atoms with Crippen molar-refractivity contribution in [2.75, 3.05) is 0 Å². The zero-order valence-corrected chi connectivity index (χ0v) is 9.48. The summed E-state index contributed by atoms with van der Waals surface area (Å²) < 4.78 is 0. The first-order valence-corrected chi connectivity index (χ1v) is 5.51. The van der Waals surface area contributed by atoms with E-state index in [2.05, 4.69) is 40.6 Å². The van der Waals surface area contributed by atoms with Gasteiger partial charge in [-0.15, -0.1) is 0 Å². The van der Waals surface area contributed by atoms with Crippen molar-refractivity contribution in [3.8, 4) is 0 Å². The van der Waals surface area contributed by atoms with Crippen LogP contribution in [0.5, 0.6) is 0 Å². The van der Waals surface area contributed by atoms with Crippen LogP contribution in [0.4, 0.5) is 0 Å². The van der Waals surface area contributed by atoms with E-state index in [9.17, 15) is 0 Å². The number of aromatic nitrogens is 1. The molecule has 0 aliphatic heterocycles. The summed E-state index contributed by atoms with van der Waals surface area (Å²) in [5.74, 6) is 0. The lowest BCUT2D eigenvalue weighted by Crippen LogP contribution is -2.13. The zero-order valence-electron chi connectivity index (χ0n) is 9.48. The van der Waals surface area contributed by atoms with Gasteiger partial charge in [0.15, 0.2) is 0 Å². The summed E-state index contributed by atoms with van der Waals surface area (Å²) in [6.45, 7) is 3.81. The summed E-state index contributed by atoms with van der Waals surface area (Å²) in [5.41, 5.74) is 3.67. The second kappa shape index (κ2) is 5.42. The van der Waals surface area contributed by atoms with Crippen LogP contribution in [0.15, 0.2) is 48.7 Å². The van der Waals surface area contributed by atoms with Gasteiger partial charge >= 0.3 is 0 Å². The van der Waals surface area contributed by atoms with Gasteiger partial charge in [0.2, 0.25) is 0 Å². The van der Waals surface area contributed by atoms with Crippen molar-refractivity contribution in [1.29, 1.82) is 0 Å². The van der Waals surface area contributed by atoms with Crippen molar-refractivity contribution >= 4 is 0 Å². The third-order valence-corrected chi connectivity index (χ3v) is 2.60. The Bertz CT molecular complexity index is 437. The van der Waals surface area contributed by atoms with Crippen LogP contribution >= 0.6 is 0 Å². The molecule has 1 N–H and O–H groups in total. The molecule has 0 saturated carbocycles. The molecule has 82 valence electrons. The fourth-order valence-electron chi connectivity index (χ4n) is 1.64. The number of hydrogen-bond donors (Lipinski definition) is 1. The molecule has 0 aliphatic rings. The van der Waals surface area contributed by atoms with E-state index in [1.165, 1.54) is 11.1 Å². The molecule has 0 spiro atoms. The SMILES string of the molecule is Cc1ncccc1CNCc1ccccc1. The van der Waals surface area contributed by atoms with Gasteiger partial charge in [0.05, 0.1) is 0 Å². The molecule has 0 bridgehead atoms. The molecule has 1 aromatic heterocycles. The number of benzene rings is 1. The van der Waals surface area contributed by atoms with Crippen molar-refractivity contribution in [1.82, 2.24) is 10.3 Å². The van der Waals surface area contributed by atoms with Gasteiger partial charge in [0.25, 0.3) is 0 Å². The van der Waals surface area contributed by atoms with E-state index in [-0.39, 0.29) is 0 Å². The Morgan fingerprint density at radius 2 is 1.81 bits per heavy atom. The second-order valence-corrected chi connectivity index (χ2v) is 3.84. The van der Waals surface area contributed by atoms with Crippen LogP contribution < -0.4 is 5.32 Å².